The number of nitro groups is 1. The van der Waals surface area contributed by atoms with Crippen LogP contribution in [-0.2, 0) is 19.1 Å². The molecule has 0 aliphatic rings. The van der Waals surface area contributed by atoms with Gasteiger partial charge in [-0.2, -0.15) is 0 Å². The van der Waals surface area contributed by atoms with Gasteiger partial charge in [-0.1, -0.05) is 12.1 Å². The van der Waals surface area contributed by atoms with Crippen LogP contribution in [0.15, 0.2) is 30.3 Å². The number of nitrogens with zero attached hydrogens (tertiary/aromatic N) is 1. The fourth-order valence-electron chi connectivity index (χ4n) is 1.45. The molecule has 9 heteroatoms. The molecule has 0 fully saturated rings. The molecule has 0 radical (unpaired) electrons. The number of carbonyl (C=O) groups excluding carboxylic acids is 3. The second-order valence-electron chi connectivity index (χ2n) is 4.03. The van der Waals surface area contributed by atoms with Crippen molar-refractivity contribution in [1.82, 2.24) is 5.32 Å². The lowest BCUT2D eigenvalue weighted by Crippen LogP contribution is -2.34. The van der Waals surface area contributed by atoms with E-state index in [0.29, 0.717) is 0 Å². The Balaban J connectivity index is 2.53. The number of nitrogens with one attached hydrogen (secondary N) is 1. The molecule has 1 N–H and O–H groups in total. The summed E-state index contributed by atoms with van der Waals surface area (Å²) < 4.78 is 9.06. The summed E-state index contributed by atoms with van der Waals surface area (Å²) >= 11 is 0. The third-order valence-electron chi connectivity index (χ3n) is 2.39. The number of nitro benzene ring substituents is 1. The Hall–Kier alpha value is -3.23. The summed E-state index contributed by atoms with van der Waals surface area (Å²) in [5.74, 6) is -1.74. The third kappa shape index (κ3) is 6.38. The number of benzene rings is 1. The molecule has 1 rings (SSSR count). The monoisotopic (exact) mass is 322 g/mol. The average molecular weight is 322 g/mol. The minimum Gasteiger partial charge on any atom is -0.452 e. The van der Waals surface area contributed by atoms with Crippen molar-refractivity contribution in [2.45, 2.75) is 6.92 Å². The third-order valence-corrected chi connectivity index (χ3v) is 2.39. The molecule has 0 heterocycles. The van der Waals surface area contributed by atoms with Gasteiger partial charge in [-0.15, -0.1) is 0 Å². The minimum absolute atomic E-state index is 0.0947. The number of para-hydroxylation sites is 1. The minimum atomic E-state index is -0.941. The predicted molar refractivity (Wildman–Crippen MR) is 78.3 cm³/mol. The maximum Gasteiger partial charge on any atom is 0.413 e. The second-order valence-corrected chi connectivity index (χ2v) is 4.03. The molecule has 0 aliphatic heterocycles. The summed E-state index contributed by atoms with van der Waals surface area (Å²) in [6.07, 6.45) is 1.20. The summed E-state index contributed by atoms with van der Waals surface area (Å²) in [7, 11) is 0. The van der Waals surface area contributed by atoms with Crippen molar-refractivity contribution in [3.8, 4) is 0 Å². The molecular weight excluding hydrogens is 308 g/mol. The van der Waals surface area contributed by atoms with Crippen LogP contribution in [0, 0.1) is 10.1 Å². The van der Waals surface area contributed by atoms with Crippen LogP contribution in [0.2, 0.25) is 0 Å². The molecule has 1 aromatic rings. The number of imide groups is 1. The summed E-state index contributed by atoms with van der Waals surface area (Å²) in [5.41, 5.74) is 0.0435. The van der Waals surface area contributed by atoms with Crippen LogP contribution < -0.4 is 5.32 Å². The van der Waals surface area contributed by atoms with Crippen molar-refractivity contribution in [1.29, 1.82) is 0 Å². The Morgan fingerprint density at radius 2 is 1.96 bits per heavy atom. The molecule has 0 atom stereocenters. The van der Waals surface area contributed by atoms with Crippen LogP contribution in [0.1, 0.15) is 12.5 Å². The van der Waals surface area contributed by atoms with Crippen molar-refractivity contribution in [3.63, 3.8) is 0 Å². The van der Waals surface area contributed by atoms with E-state index in [0.717, 1.165) is 6.08 Å². The molecule has 0 aromatic heterocycles. The highest BCUT2D eigenvalue weighted by Crippen LogP contribution is 2.18. The number of rotatable bonds is 6. The summed E-state index contributed by atoms with van der Waals surface area (Å²) in [6, 6.07) is 5.81. The first-order chi connectivity index (χ1) is 10.9. The number of hydrogen-bond donors (Lipinski definition) is 1. The SMILES string of the molecule is CCOC(=O)NC(=O)COC(=O)/C=C/c1ccccc1[N+](=O)[O-]. The van der Waals surface area contributed by atoms with Crippen LogP contribution in [0.25, 0.3) is 6.08 Å². The zero-order chi connectivity index (χ0) is 17.2. The van der Waals surface area contributed by atoms with Crippen LogP contribution in [0.4, 0.5) is 10.5 Å². The molecule has 2 amide bonds. The van der Waals surface area contributed by atoms with E-state index in [9.17, 15) is 24.5 Å². The van der Waals surface area contributed by atoms with E-state index in [1.807, 2.05) is 5.32 Å². The summed E-state index contributed by atoms with van der Waals surface area (Å²) in [5, 5.41) is 12.6. The molecule has 0 spiro atoms. The molecule has 0 saturated heterocycles. The van der Waals surface area contributed by atoms with Crippen LogP contribution in [0.5, 0.6) is 0 Å². The molecule has 9 nitrogen and oxygen atoms in total. The maximum absolute atomic E-state index is 11.4. The van der Waals surface area contributed by atoms with Gasteiger partial charge in [-0.3, -0.25) is 20.2 Å². The van der Waals surface area contributed by atoms with Crippen LogP contribution >= 0.6 is 0 Å². The predicted octanol–water partition coefficient (Wildman–Crippen LogP) is 1.42. The van der Waals surface area contributed by atoms with Gasteiger partial charge in [0.2, 0.25) is 0 Å². The van der Waals surface area contributed by atoms with E-state index in [1.54, 1.807) is 13.0 Å². The number of alkyl carbamates (subject to hydrolysis) is 1. The van der Waals surface area contributed by atoms with E-state index in [1.165, 1.54) is 24.3 Å². The van der Waals surface area contributed by atoms with E-state index in [4.69, 9.17) is 0 Å². The Morgan fingerprint density at radius 1 is 1.26 bits per heavy atom. The molecule has 0 saturated carbocycles. The second kappa shape index (κ2) is 8.93. The fourth-order valence-corrected chi connectivity index (χ4v) is 1.45. The van der Waals surface area contributed by atoms with Crippen molar-refractivity contribution in [2.24, 2.45) is 0 Å². The molecule has 122 valence electrons. The lowest BCUT2D eigenvalue weighted by Gasteiger charge is -2.04. The quantitative estimate of drug-likeness (QED) is 0.363. The highest BCUT2D eigenvalue weighted by Gasteiger charge is 2.12. The van der Waals surface area contributed by atoms with Gasteiger partial charge < -0.3 is 9.47 Å². The van der Waals surface area contributed by atoms with E-state index in [2.05, 4.69) is 9.47 Å². The molecule has 0 aliphatic carbocycles. The van der Waals surface area contributed by atoms with Crippen LogP contribution in [0.3, 0.4) is 0 Å². The topological polar surface area (TPSA) is 125 Å². The van der Waals surface area contributed by atoms with Crippen molar-refractivity contribution in [2.75, 3.05) is 13.2 Å². The Kier molecular flexibility index (Phi) is 6.92. The zero-order valence-corrected chi connectivity index (χ0v) is 12.2. The van der Waals surface area contributed by atoms with E-state index in [-0.39, 0.29) is 17.9 Å². The van der Waals surface area contributed by atoms with Crippen molar-refractivity contribution in [3.05, 3.63) is 46.0 Å². The fraction of sp³-hybridized carbons (Fsp3) is 0.214. The Labute approximate surface area is 131 Å². The summed E-state index contributed by atoms with van der Waals surface area (Å²) in [6.45, 7) is 0.980. The van der Waals surface area contributed by atoms with Crippen molar-refractivity contribution < 1.29 is 28.8 Å². The van der Waals surface area contributed by atoms with Gasteiger partial charge in [0.15, 0.2) is 6.61 Å². The standard InChI is InChI=1S/C14H14N2O7/c1-2-22-14(19)15-12(17)9-23-13(18)8-7-10-5-3-4-6-11(10)16(20)21/h3-8H,2,9H2,1H3,(H,15,17,19)/b8-7+. The smallest absolute Gasteiger partial charge is 0.413 e. The number of amides is 2. The van der Waals surface area contributed by atoms with Crippen molar-refractivity contribution >= 4 is 29.7 Å². The van der Waals surface area contributed by atoms with Gasteiger partial charge in [0, 0.05) is 12.1 Å². The van der Waals surface area contributed by atoms with Crippen LogP contribution in [-0.4, -0.2) is 36.1 Å². The van der Waals surface area contributed by atoms with Gasteiger partial charge >= 0.3 is 12.1 Å². The Bertz CT molecular complexity index is 640. The first kappa shape index (κ1) is 17.8. The van der Waals surface area contributed by atoms with Gasteiger partial charge in [-0.05, 0) is 19.1 Å². The largest absolute Gasteiger partial charge is 0.452 e. The van der Waals surface area contributed by atoms with E-state index >= 15 is 0 Å². The normalized spacial score (nSPS) is 10.1. The van der Waals surface area contributed by atoms with Gasteiger partial charge in [-0.25, -0.2) is 9.59 Å². The lowest BCUT2D eigenvalue weighted by atomic mass is 10.1. The van der Waals surface area contributed by atoms with Gasteiger partial charge in [0.25, 0.3) is 11.6 Å². The molecule has 1 aromatic carbocycles. The van der Waals surface area contributed by atoms with E-state index < -0.39 is 29.5 Å². The summed E-state index contributed by atoms with van der Waals surface area (Å²) in [4.78, 5) is 43.8. The molecule has 0 unspecified atom stereocenters. The molecule has 23 heavy (non-hydrogen) atoms. The Morgan fingerprint density at radius 3 is 2.61 bits per heavy atom. The number of carbonyl (C=O) groups is 3. The van der Waals surface area contributed by atoms with Gasteiger partial charge in [0.1, 0.15) is 0 Å². The number of hydrogen-bond acceptors (Lipinski definition) is 7. The first-order valence-corrected chi connectivity index (χ1v) is 6.49. The molecular formula is C14H14N2O7. The molecule has 0 bridgehead atoms. The lowest BCUT2D eigenvalue weighted by molar-refractivity contribution is -0.385. The first-order valence-electron chi connectivity index (χ1n) is 6.49. The number of esters is 1. The van der Waals surface area contributed by atoms with Gasteiger partial charge in [0.05, 0.1) is 17.1 Å². The highest BCUT2D eigenvalue weighted by molar-refractivity contribution is 5.94. The average Bonchev–Trinajstić information content (AvgIpc) is 2.51. The zero-order valence-electron chi connectivity index (χ0n) is 12.2. The highest BCUT2D eigenvalue weighted by atomic mass is 16.6. The number of ether oxygens (including phenoxy) is 2. The maximum atomic E-state index is 11.4.